The molecule has 2 aromatic rings. The summed E-state index contributed by atoms with van der Waals surface area (Å²) >= 11 is 0. The zero-order valence-electron chi connectivity index (χ0n) is 15.9. The minimum atomic E-state index is -0.195. The second-order valence-electron chi connectivity index (χ2n) is 7.56. The van der Waals surface area contributed by atoms with E-state index in [1.54, 1.807) is 6.20 Å². The number of amides is 1. The molecule has 0 aliphatic carbocycles. The predicted octanol–water partition coefficient (Wildman–Crippen LogP) is 2.72. The van der Waals surface area contributed by atoms with Crippen LogP contribution in [0.1, 0.15) is 54.7 Å². The first-order chi connectivity index (χ1) is 13.2. The van der Waals surface area contributed by atoms with Crippen molar-refractivity contribution in [2.45, 2.75) is 44.6 Å². The minimum absolute atomic E-state index is 0.195. The molecule has 1 amide bonds. The standard InChI is InChI=1S/C21H27N5O/c1-16-23-10-6-19(24-16)17-7-13-26(14-8-17)21(27)20(25-11-2-3-12-25)18-5-4-9-22-15-18/h4-6,9-10,15,17,20H,2-3,7-8,11-14H2,1H3. The van der Waals surface area contributed by atoms with E-state index in [9.17, 15) is 4.79 Å². The van der Waals surface area contributed by atoms with E-state index in [1.165, 1.54) is 12.8 Å². The zero-order chi connectivity index (χ0) is 18.6. The smallest absolute Gasteiger partial charge is 0.244 e. The summed E-state index contributed by atoms with van der Waals surface area (Å²) < 4.78 is 0. The largest absolute Gasteiger partial charge is 0.341 e. The highest BCUT2D eigenvalue weighted by Gasteiger charge is 2.35. The fraction of sp³-hybridized carbons (Fsp3) is 0.524. The number of aryl methyl sites for hydroxylation is 1. The first-order valence-corrected chi connectivity index (χ1v) is 9.94. The number of hydrogen-bond acceptors (Lipinski definition) is 5. The number of carbonyl (C=O) groups is 1. The van der Waals surface area contributed by atoms with Gasteiger partial charge < -0.3 is 4.90 Å². The zero-order valence-corrected chi connectivity index (χ0v) is 15.9. The first-order valence-electron chi connectivity index (χ1n) is 9.94. The Morgan fingerprint density at radius 2 is 1.89 bits per heavy atom. The Morgan fingerprint density at radius 3 is 2.56 bits per heavy atom. The van der Waals surface area contributed by atoms with Crippen LogP contribution in [-0.4, -0.2) is 56.8 Å². The van der Waals surface area contributed by atoms with Crippen LogP contribution in [0.15, 0.2) is 36.8 Å². The Morgan fingerprint density at radius 1 is 1.11 bits per heavy atom. The maximum Gasteiger partial charge on any atom is 0.244 e. The third kappa shape index (κ3) is 4.00. The molecular weight excluding hydrogens is 338 g/mol. The third-order valence-electron chi connectivity index (χ3n) is 5.76. The summed E-state index contributed by atoms with van der Waals surface area (Å²) in [6, 6.07) is 5.77. The van der Waals surface area contributed by atoms with Crippen molar-refractivity contribution in [3.63, 3.8) is 0 Å². The van der Waals surface area contributed by atoms with Gasteiger partial charge in [-0.05, 0) is 63.4 Å². The molecule has 0 saturated carbocycles. The summed E-state index contributed by atoms with van der Waals surface area (Å²) in [5.74, 6) is 1.46. The fourth-order valence-electron chi connectivity index (χ4n) is 4.32. The summed E-state index contributed by atoms with van der Waals surface area (Å²) in [6.07, 6.45) is 9.70. The average molecular weight is 365 g/mol. The lowest BCUT2D eigenvalue weighted by Crippen LogP contribution is -2.45. The normalized spacial score (nSPS) is 20.0. The van der Waals surface area contributed by atoms with Crippen LogP contribution < -0.4 is 0 Å². The number of pyridine rings is 1. The molecule has 0 radical (unpaired) electrons. The summed E-state index contributed by atoms with van der Waals surface area (Å²) in [7, 11) is 0. The Hall–Kier alpha value is -2.34. The molecule has 0 N–H and O–H groups in total. The highest BCUT2D eigenvalue weighted by atomic mass is 16.2. The van der Waals surface area contributed by atoms with Gasteiger partial charge in [0.25, 0.3) is 0 Å². The molecule has 27 heavy (non-hydrogen) atoms. The van der Waals surface area contributed by atoms with Gasteiger partial charge in [0.05, 0.1) is 0 Å². The van der Waals surface area contributed by atoms with E-state index >= 15 is 0 Å². The van der Waals surface area contributed by atoms with Gasteiger partial charge in [-0.15, -0.1) is 0 Å². The van der Waals surface area contributed by atoms with Gasteiger partial charge in [0, 0.05) is 43.3 Å². The van der Waals surface area contributed by atoms with Crippen LogP contribution in [-0.2, 0) is 4.79 Å². The molecule has 2 saturated heterocycles. The molecule has 6 nitrogen and oxygen atoms in total. The Balaban J connectivity index is 1.46. The van der Waals surface area contributed by atoms with E-state index in [0.29, 0.717) is 5.92 Å². The van der Waals surface area contributed by atoms with Crippen molar-refractivity contribution in [3.8, 4) is 0 Å². The van der Waals surface area contributed by atoms with Crippen molar-refractivity contribution in [1.82, 2.24) is 24.8 Å². The molecule has 142 valence electrons. The van der Waals surface area contributed by atoms with E-state index in [4.69, 9.17) is 0 Å². The molecule has 1 atom stereocenters. The molecule has 4 heterocycles. The van der Waals surface area contributed by atoms with Gasteiger partial charge in [0.15, 0.2) is 0 Å². The van der Waals surface area contributed by atoms with Gasteiger partial charge in [-0.3, -0.25) is 14.7 Å². The van der Waals surface area contributed by atoms with Crippen LogP contribution in [0.5, 0.6) is 0 Å². The lowest BCUT2D eigenvalue weighted by Gasteiger charge is -2.36. The van der Waals surface area contributed by atoms with E-state index < -0.39 is 0 Å². The summed E-state index contributed by atoms with van der Waals surface area (Å²) in [6.45, 7) is 5.48. The lowest BCUT2D eigenvalue weighted by molar-refractivity contribution is -0.138. The monoisotopic (exact) mass is 365 g/mol. The number of carbonyl (C=O) groups excluding carboxylic acids is 1. The van der Waals surface area contributed by atoms with Crippen molar-refractivity contribution in [1.29, 1.82) is 0 Å². The number of piperidine rings is 1. The topological polar surface area (TPSA) is 62.2 Å². The SMILES string of the molecule is Cc1nccc(C2CCN(C(=O)C(c3cccnc3)N3CCCC3)CC2)n1. The van der Waals surface area contributed by atoms with Gasteiger partial charge >= 0.3 is 0 Å². The van der Waals surface area contributed by atoms with Crippen LogP contribution in [0.25, 0.3) is 0 Å². The molecule has 2 aromatic heterocycles. The van der Waals surface area contributed by atoms with Crippen LogP contribution in [0.3, 0.4) is 0 Å². The van der Waals surface area contributed by atoms with E-state index in [0.717, 1.165) is 56.1 Å². The number of likely N-dealkylation sites (tertiary alicyclic amines) is 2. The van der Waals surface area contributed by atoms with Gasteiger partial charge in [-0.2, -0.15) is 0 Å². The second-order valence-corrected chi connectivity index (χ2v) is 7.56. The van der Waals surface area contributed by atoms with Crippen molar-refractivity contribution >= 4 is 5.91 Å². The van der Waals surface area contributed by atoms with Gasteiger partial charge in [-0.1, -0.05) is 6.07 Å². The quantitative estimate of drug-likeness (QED) is 0.834. The van der Waals surface area contributed by atoms with Crippen LogP contribution in [0, 0.1) is 6.92 Å². The van der Waals surface area contributed by atoms with Gasteiger partial charge in [-0.25, -0.2) is 9.97 Å². The molecule has 0 spiro atoms. The number of aromatic nitrogens is 3. The van der Waals surface area contributed by atoms with Crippen molar-refractivity contribution in [2.24, 2.45) is 0 Å². The van der Waals surface area contributed by atoms with Crippen LogP contribution >= 0.6 is 0 Å². The molecule has 0 bridgehead atoms. The van der Waals surface area contributed by atoms with Gasteiger partial charge in [0.1, 0.15) is 11.9 Å². The summed E-state index contributed by atoms with van der Waals surface area (Å²) in [5.41, 5.74) is 2.12. The van der Waals surface area contributed by atoms with E-state index in [2.05, 4.69) is 19.9 Å². The fourth-order valence-corrected chi connectivity index (χ4v) is 4.32. The first kappa shape index (κ1) is 18.0. The molecule has 4 rings (SSSR count). The summed E-state index contributed by atoms with van der Waals surface area (Å²) in [4.78, 5) is 30.8. The lowest BCUT2D eigenvalue weighted by atomic mass is 9.92. The molecule has 1 unspecified atom stereocenters. The predicted molar refractivity (Wildman–Crippen MR) is 103 cm³/mol. The van der Waals surface area contributed by atoms with E-state index in [1.807, 2.05) is 42.4 Å². The van der Waals surface area contributed by atoms with E-state index in [-0.39, 0.29) is 11.9 Å². The second kappa shape index (κ2) is 8.13. The highest BCUT2D eigenvalue weighted by molar-refractivity contribution is 5.83. The Labute approximate surface area is 160 Å². The summed E-state index contributed by atoms with van der Waals surface area (Å²) in [5, 5.41) is 0. The molecule has 2 fully saturated rings. The minimum Gasteiger partial charge on any atom is -0.341 e. The van der Waals surface area contributed by atoms with Crippen molar-refractivity contribution in [2.75, 3.05) is 26.2 Å². The van der Waals surface area contributed by atoms with Crippen molar-refractivity contribution < 1.29 is 4.79 Å². The van der Waals surface area contributed by atoms with Crippen LogP contribution in [0.2, 0.25) is 0 Å². The van der Waals surface area contributed by atoms with Crippen LogP contribution in [0.4, 0.5) is 0 Å². The van der Waals surface area contributed by atoms with Crippen molar-refractivity contribution in [3.05, 3.63) is 53.9 Å². The molecule has 2 aliphatic heterocycles. The molecule has 6 heteroatoms. The number of nitrogens with zero attached hydrogens (tertiary/aromatic N) is 5. The van der Waals surface area contributed by atoms with Gasteiger partial charge in [0.2, 0.25) is 5.91 Å². The maximum atomic E-state index is 13.4. The maximum absolute atomic E-state index is 13.4. The molecular formula is C21H27N5O. The molecule has 0 aromatic carbocycles. The number of hydrogen-bond donors (Lipinski definition) is 0. The number of rotatable bonds is 4. The molecule has 2 aliphatic rings. The Bertz CT molecular complexity index is 767. The highest BCUT2D eigenvalue weighted by Crippen LogP contribution is 2.31. The average Bonchev–Trinajstić information content (AvgIpc) is 3.23. The Kier molecular flexibility index (Phi) is 5.43. The third-order valence-corrected chi connectivity index (χ3v) is 5.76.